The fraction of sp³-hybridized carbons (Fsp3) is 0.200. The number of nitrogens with zero attached hydrogens (tertiary/aromatic N) is 3. The Morgan fingerprint density at radius 3 is 3.06 bits per heavy atom. The first-order valence-electron chi connectivity index (χ1n) is 4.57. The van der Waals surface area contributed by atoms with E-state index in [0.717, 1.165) is 11.8 Å². The van der Waals surface area contributed by atoms with E-state index in [0.29, 0.717) is 6.54 Å². The van der Waals surface area contributed by atoms with Crippen molar-refractivity contribution in [1.82, 2.24) is 9.97 Å². The molecule has 0 unspecified atom stereocenters. The number of halogens is 2. The monoisotopic (exact) mass is 257 g/mol. The van der Waals surface area contributed by atoms with Gasteiger partial charge in [-0.05, 0) is 34.0 Å². The van der Waals surface area contributed by atoms with Crippen molar-refractivity contribution in [2.75, 3.05) is 11.9 Å². The van der Waals surface area contributed by atoms with Crippen LogP contribution in [0.5, 0.6) is 0 Å². The molecule has 0 saturated heterocycles. The Morgan fingerprint density at radius 2 is 2.38 bits per heavy atom. The minimum Gasteiger partial charge on any atom is -0.353 e. The Balaban J connectivity index is 2.20. The molecule has 16 heavy (non-hydrogen) atoms. The summed E-state index contributed by atoms with van der Waals surface area (Å²) in [4.78, 5) is 9.13. The molecule has 0 N–H and O–H groups in total. The Hall–Kier alpha value is -1.20. The maximum Gasteiger partial charge on any atom is 0.224 e. The van der Waals surface area contributed by atoms with Crippen molar-refractivity contribution in [3.05, 3.63) is 39.7 Å². The van der Waals surface area contributed by atoms with Crippen LogP contribution in [-0.4, -0.2) is 17.0 Å². The fourth-order valence-electron chi connectivity index (χ4n) is 1.34. The van der Waals surface area contributed by atoms with Gasteiger partial charge < -0.3 is 4.90 Å². The van der Waals surface area contributed by atoms with Crippen molar-refractivity contribution in [3.8, 4) is 0 Å². The number of hydrogen-bond donors (Lipinski definition) is 0. The van der Waals surface area contributed by atoms with Crippen LogP contribution < -0.4 is 4.90 Å². The van der Waals surface area contributed by atoms with E-state index in [-0.39, 0.29) is 11.1 Å². The average molecular weight is 258 g/mol. The summed E-state index contributed by atoms with van der Waals surface area (Å²) >= 11 is 7.23. The summed E-state index contributed by atoms with van der Waals surface area (Å²) in [5.41, 5.74) is 1.11. The SMILES string of the molecule is CN(Cc1ccsc1)c1nc(Cl)ncc1F. The topological polar surface area (TPSA) is 29.0 Å². The molecule has 0 aromatic carbocycles. The minimum absolute atomic E-state index is 0.0496. The average Bonchev–Trinajstić information content (AvgIpc) is 2.74. The Kier molecular flexibility index (Phi) is 3.36. The van der Waals surface area contributed by atoms with Crippen molar-refractivity contribution in [3.63, 3.8) is 0 Å². The zero-order valence-electron chi connectivity index (χ0n) is 8.52. The highest BCUT2D eigenvalue weighted by Gasteiger charge is 2.11. The molecular formula is C10H9ClFN3S. The van der Waals surface area contributed by atoms with Gasteiger partial charge in [-0.25, -0.2) is 9.37 Å². The largest absolute Gasteiger partial charge is 0.353 e. The van der Waals surface area contributed by atoms with E-state index < -0.39 is 5.82 Å². The van der Waals surface area contributed by atoms with E-state index in [1.807, 2.05) is 16.8 Å². The van der Waals surface area contributed by atoms with Crippen molar-refractivity contribution in [2.24, 2.45) is 0 Å². The maximum absolute atomic E-state index is 13.4. The van der Waals surface area contributed by atoms with Crippen LogP contribution in [0.4, 0.5) is 10.2 Å². The van der Waals surface area contributed by atoms with Gasteiger partial charge in [0.1, 0.15) is 0 Å². The molecule has 2 aromatic heterocycles. The third kappa shape index (κ3) is 2.48. The van der Waals surface area contributed by atoms with Crippen LogP contribution in [-0.2, 0) is 6.54 Å². The smallest absolute Gasteiger partial charge is 0.224 e. The Labute approximate surface area is 102 Å². The summed E-state index contributed by atoms with van der Waals surface area (Å²) in [7, 11) is 1.76. The lowest BCUT2D eigenvalue weighted by atomic mass is 10.3. The molecule has 0 spiro atoms. The standard InChI is InChI=1S/C10H9ClFN3S/c1-15(5-7-2-3-16-6-7)9-8(12)4-13-10(11)14-9/h2-4,6H,5H2,1H3. The van der Waals surface area contributed by atoms with Crippen molar-refractivity contribution < 1.29 is 4.39 Å². The number of anilines is 1. The summed E-state index contributed by atoms with van der Waals surface area (Å²) in [5, 5.41) is 4.04. The second-order valence-electron chi connectivity index (χ2n) is 3.30. The molecule has 0 saturated carbocycles. The molecule has 0 fully saturated rings. The summed E-state index contributed by atoms with van der Waals surface area (Å²) in [6.45, 7) is 0.591. The van der Waals surface area contributed by atoms with Gasteiger partial charge in [0.25, 0.3) is 0 Å². The van der Waals surface area contributed by atoms with Crippen LogP contribution >= 0.6 is 22.9 Å². The highest BCUT2D eigenvalue weighted by molar-refractivity contribution is 7.07. The van der Waals surface area contributed by atoms with Crippen molar-refractivity contribution in [1.29, 1.82) is 0 Å². The molecule has 0 amide bonds. The van der Waals surface area contributed by atoms with Crippen LogP contribution in [0.2, 0.25) is 5.28 Å². The van der Waals surface area contributed by atoms with E-state index in [1.165, 1.54) is 0 Å². The lowest BCUT2D eigenvalue weighted by Crippen LogP contribution is -2.19. The van der Waals surface area contributed by atoms with Gasteiger partial charge in [-0.3, -0.25) is 0 Å². The predicted octanol–water partition coefficient (Wildman–Crippen LogP) is 2.97. The van der Waals surface area contributed by atoms with Crippen LogP contribution in [0.1, 0.15) is 5.56 Å². The van der Waals surface area contributed by atoms with Crippen LogP contribution in [0.25, 0.3) is 0 Å². The summed E-state index contributed by atoms with van der Waals surface area (Å²) in [6.07, 6.45) is 1.08. The second kappa shape index (κ2) is 4.76. The molecule has 0 aliphatic rings. The molecule has 2 aromatic rings. The van der Waals surface area contributed by atoms with Crippen molar-refractivity contribution in [2.45, 2.75) is 6.54 Å². The van der Waals surface area contributed by atoms with Gasteiger partial charge in [0, 0.05) is 13.6 Å². The quantitative estimate of drug-likeness (QED) is 0.792. The Morgan fingerprint density at radius 1 is 1.56 bits per heavy atom. The zero-order chi connectivity index (χ0) is 11.5. The first-order valence-corrected chi connectivity index (χ1v) is 5.89. The van der Waals surface area contributed by atoms with E-state index in [1.54, 1.807) is 23.3 Å². The normalized spacial score (nSPS) is 10.4. The molecule has 84 valence electrons. The lowest BCUT2D eigenvalue weighted by molar-refractivity contribution is 0.607. The van der Waals surface area contributed by atoms with E-state index in [9.17, 15) is 4.39 Å². The molecule has 2 heterocycles. The van der Waals surface area contributed by atoms with E-state index in [2.05, 4.69) is 9.97 Å². The number of hydrogen-bond acceptors (Lipinski definition) is 4. The van der Waals surface area contributed by atoms with Crippen LogP contribution in [0, 0.1) is 5.82 Å². The summed E-state index contributed by atoms with van der Waals surface area (Å²) in [6, 6.07) is 1.99. The van der Waals surface area contributed by atoms with E-state index in [4.69, 9.17) is 11.6 Å². The van der Waals surface area contributed by atoms with Gasteiger partial charge in [0.15, 0.2) is 11.6 Å². The third-order valence-electron chi connectivity index (χ3n) is 2.06. The zero-order valence-corrected chi connectivity index (χ0v) is 10.1. The van der Waals surface area contributed by atoms with E-state index >= 15 is 0 Å². The first-order chi connectivity index (χ1) is 7.66. The molecule has 0 bridgehead atoms. The van der Waals surface area contributed by atoms with Gasteiger partial charge in [-0.15, -0.1) is 0 Å². The third-order valence-corrected chi connectivity index (χ3v) is 2.97. The molecular weight excluding hydrogens is 249 g/mol. The molecule has 3 nitrogen and oxygen atoms in total. The summed E-state index contributed by atoms with van der Waals surface area (Å²) < 4.78 is 13.4. The molecule has 0 aliphatic heterocycles. The van der Waals surface area contributed by atoms with Gasteiger partial charge >= 0.3 is 0 Å². The molecule has 0 radical (unpaired) electrons. The first kappa shape index (κ1) is 11.3. The molecule has 2 rings (SSSR count). The molecule has 6 heteroatoms. The fourth-order valence-corrected chi connectivity index (χ4v) is 2.13. The lowest BCUT2D eigenvalue weighted by Gasteiger charge is -2.17. The number of aromatic nitrogens is 2. The van der Waals surface area contributed by atoms with Gasteiger partial charge in [0.2, 0.25) is 5.28 Å². The second-order valence-corrected chi connectivity index (χ2v) is 4.42. The number of rotatable bonds is 3. The highest BCUT2D eigenvalue weighted by Crippen LogP contribution is 2.18. The van der Waals surface area contributed by atoms with Crippen molar-refractivity contribution >= 4 is 28.8 Å². The maximum atomic E-state index is 13.4. The van der Waals surface area contributed by atoms with Gasteiger partial charge in [-0.1, -0.05) is 0 Å². The van der Waals surface area contributed by atoms with Crippen LogP contribution in [0.15, 0.2) is 23.0 Å². The molecule has 0 aliphatic carbocycles. The molecule has 0 atom stereocenters. The summed E-state index contributed by atoms with van der Waals surface area (Å²) in [5.74, 6) is -0.256. The van der Waals surface area contributed by atoms with Gasteiger partial charge in [-0.2, -0.15) is 16.3 Å². The van der Waals surface area contributed by atoms with Gasteiger partial charge in [0.05, 0.1) is 6.20 Å². The Bertz CT molecular complexity index is 475. The minimum atomic E-state index is -0.470. The number of thiophene rings is 1. The predicted molar refractivity (Wildman–Crippen MR) is 63.4 cm³/mol. The van der Waals surface area contributed by atoms with Crippen LogP contribution in [0.3, 0.4) is 0 Å². The highest BCUT2D eigenvalue weighted by atomic mass is 35.5.